The Bertz CT molecular complexity index is 909. The molecular formula is C23H26N3O2S+. The van der Waals surface area contributed by atoms with Gasteiger partial charge in [0.15, 0.2) is 13.1 Å². The Labute approximate surface area is 175 Å². The van der Waals surface area contributed by atoms with Gasteiger partial charge in [-0.2, -0.15) is 0 Å². The molecule has 3 aromatic rings. The number of likely N-dealkylation sites (N-methyl/N-ethyl adjacent to an activating group) is 1. The summed E-state index contributed by atoms with van der Waals surface area (Å²) in [6.07, 6.45) is 0. The third kappa shape index (κ3) is 6.55. The van der Waals surface area contributed by atoms with Crippen molar-refractivity contribution in [3.8, 4) is 11.1 Å². The number of carbonyl (C=O) groups excluding carboxylic acids is 2. The Kier molecular flexibility index (Phi) is 7.55. The fourth-order valence-electron chi connectivity index (χ4n) is 3.01. The van der Waals surface area contributed by atoms with Crippen molar-refractivity contribution < 1.29 is 14.5 Å². The molecule has 6 heteroatoms. The average molecular weight is 409 g/mol. The minimum atomic E-state index is -0.0969. The fourth-order valence-corrected chi connectivity index (χ4v) is 3.65. The summed E-state index contributed by atoms with van der Waals surface area (Å²) in [6, 6.07) is 21.9. The second kappa shape index (κ2) is 10.5. The number of amides is 2. The van der Waals surface area contributed by atoms with Gasteiger partial charge in [0.05, 0.1) is 13.1 Å². The highest BCUT2D eigenvalue weighted by molar-refractivity contribution is 7.09. The summed E-state index contributed by atoms with van der Waals surface area (Å²) in [6.45, 7) is 3.75. The van der Waals surface area contributed by atoms with Crippen molar-refractivity contribution in [2.45, 2.75) is 13.5 Å². The summed E-state index contributed by atoms with van der Waals surface area (Å²) >= 11 is 1.62. The molecule has 1 unspecified atom stereocenters. The topological polar surface area (TPSA) is 62.6 Å². The van der Waals surface area contributed by atoms with Crippen LogP contribution in [0.5, 0.6) is 0 Å². The Morgan fingerprint density at radius 2 is 1.55 bits per heavy atom. The molecule has 0 bridgehead atoms. The molecule has 0 aliphatic carbocycles. The molecule has 0 radical (unpaired) electrons. The largest absolute Gasteiger partial charge is 0.346 e. The predicted molar refractivity (Wildman–Crippen MR) is 118 cm³/mol. The van der Waals surface area contributed by atoms with Crippen molar-refractivity contribution in [2.24, 2.45) is 0 Å². The number of quaternary nitrogens is 1. The maximum atomic E-state index is 12.4. The van der Waals surface area contributed by atoms with Gasteiger partial charge in [-0.25, -0.2) is 0 Å². The van der Waals surface area contributed by atoms with Crippen LogP contribution in [-0.2, 0) is 16.1 Å². The maximum absolute atomic E-state index is 12.4. The van der Waals surface area contributed by atoms with E-state index in [1.54, 1.807) is 11.3 Å². The summed E-state index contributed by atoms with van der Waals surface area (Å²) in [5.74, 6) is -0.143. The zero-order valence-corrected chi connectivity index (χ0v) is 17.3. The molecule has 0 aliphatic rings. The molecule has 2 aromatic carbocycles. The van der Waals surface area contributed by atoms with Crippen LogP contribution in [0.3, 0.4) is 0 Å². The normalized spacial score (nSPS) is 11.6. The SMILES string of the molecule is CC[NH+](CC(=O)NCc1cccs1)CC(=O)Nc1ccc(-c2ccccc2)cc1. The van der Waals surface area contributed by atoms with Gasteiger partial charge in [-0.05, 0) is 41.6 Å². The van der Waals surface area contributed by atoms with Crippen LogP contribution in [0.1, 0.15) is 11.8 Å². The van der Waals surface area contributed by atoms with Gasteiger partial charge in [-0.3, -0.25) is 9.59 Å². The van der Waals surface area contributed by atoms with E-state index >= 15 is 0 Å². The van der Waals surface area contributed by atoms with Crippen LogP contribution in [0.15, 0.2) is 72.1 Å². The smallest absolute Gasteiger partial charge is 0.279 e. The molecule has 5 nitrogen and oxygen atoms in total. The molecule has 1 atom stereocenters. The summed E-state index contributed by atoms with van der Waals surface area (Å²) in [4.78, 5) is 26.6. The lowest BCUT2D eigenvalue weighted by Crippen LogP contribution is -3.13. The quantitative estimate of drug-likeness (QED) is 0.510. The summed E-state index contributed by atoms with van der Waals surface area (Å²) in [7, 11) is 0. The van der Waals surface area contributed by atoms with Crippen molar-refractivity contribution in [1.82, 2.24) is 5.32 Å². The molecular weight excluding hydrogens is 382 g/mol. The fraction of sp³-hybridized carbons (Fsp3) is 0.217. The van der Waals surface area contributed by atoms with Crippen LogP contribution in [-0.4, -0.2) is 31.4 Å². The van der Waals surface area contributed by atoms with Gasteiger partial charge in [-0.15, -0.1) is 11.3 Å². The zero-order chi connectivity index (χ0) is 20.5. The Morgan fingerprint density at radius 1 is 0.862 bits per heavy atom. The van der Waals surface area contributed by atoms with Crippen LogP contribution >= 0.6 is 11.3 Å². The molecule has 29 heavy (non-hydrogen) atoms. The Hall–Kier alpha value is -2.96. The second-order valence-corrected chi connectivity index (χ2v) is 7.84. The monoisotopic (exact) mass is 408 g/mol. The molecule has 150 valence electrons. The maximum Gasteiger partial charge on any atom is 0.279 e. The summed E-state index contributed by atoms with van der Waals surface area (Å²) in [5.41, 5.74) is 3.00. The van der Waals surface area contributed by atoms with E-state index in [-0.39, 0.29) is 24.9 Å². The molecule has 0 saturated carbocycles. The molecule has 0 fully saturated rings. The van der Waals surface area contributed by atoms with E-state index in [1.165, 1.54) is 0 Å². The highest BCUT2D eigenvalue weighted by Crippen LogP contribution is 2.20. The van der Waals surface area contributed by atoms with Gasteiger partial charge in [0, 0.05) is 10.6 Å². The minimum absolute atomic E-state index is 0.0461. The van der Waals surface area contributed by atoms with Crippen LogP contribution in [0, 0.1) is 0 Å². The first-order chi connectivity index (χ1) is 14.1. The van der Waals surface area contributed by atoms with Gasteiger partial charge in [0.25, 0.3) is 11.8 Å². The lowest BCUT2D eigenvalue weighted by atomic mass is 10.1. The van der Waals surface area contributed by atoms with Crippen molar-refractivity contribution in [3.05, 3.63) is 77.0 Å². The minimum Gasteiger partial charge on any atom is -0.346 e. The van der Waals surface area contributed by atoms with E-state index in [4.69, 9.17) is 0 Å². The van der Waals surface area contributed by atoms with Gasteiger partial charge >= 0.3 is 0 Å². The van der Waals surface area contributed by atoms with E-state index in [2.05, 4.69) is 22.8 Å². The highest BCUT2D eigenvalue weighted by Gasteiger charge is 2.16. The van der Waals surface area contributed by atoms with Gasteiger partial charge < -0.3 is 15.5 Å². The van der Waals surface area contributed by atoms with Crippen LogP contribution in [0.2, 0.25) is 0 Å². The Morgan fingerprint density at radius 3 is 2.21 bits per heavy atom. The molecule has 0 saturated heterocycles. The molecule has 0 aliphatic heterocycles. The van der Waals surface area contributed by atoms with E-state index in [1.807, 2.05) is 66.9 Å². The van der Waals surface area contributed by atoms with E-state index in [9.17, 15) is 9.59 Å². The first-order valence-electron chi connectivity index (χ1n) is 9.72. The van der Waals surface area contributed by atoms with Crippen molar-refractivity contribution >= 4 is 28.8 Å². The summed E-state index contributed by atoms with van der Waals surface area (Å²) in [5, 5.41) is 7.82. The number of carbonyl (C=O) groups is 2. The van der Waals surface area contributed by atoms with Crippen LogP contribution < -0.4 is 15.5 Å². The van der Waals surface area contributed by atoms with E-state index in [0.29, 0.717) is 13.1 Å². The number of hydrogen-bond donors (Lipinski definition) is 3. The predicted octanol–water partition coefficient (Wildman–Crippen LogP) is 2.57. The lowest BCUT2D eigenvalue weighted by molar-refractivity contribution is -0.881. The number of rotatable bonds is 9. The number of nitrogens with one attached hydrogen (secondary N) is 3. The zero-order valence-electron chi connectivity index (χ0n) is 16.5. The van der Waals surface area contributed by atoms with Crippen molar-refractivity contribution in [3.63, 3.8) is 0 Å². The molecule has 1 heterocycles. The van der Waals surface area contributed by atoms with Gasteiger partial charge in [0.2, 0.25) is 0 Å². The van der Waals surface area contributed by atoms with Crippen molar-refractivity contribution in [1.29, 1.82) is 0 Å². The van der Waals surface area contributed by atoms with E-state index in [0.717, 1.165) is 26.6 Å². The lowest BCUT2D eigenvalue weighted by Gasteiger charge is -2.17. The van der Waals surface area contributed by atoms with Crippen LogP contribution in [0.25, 0.3) is 11.1 Å². The first-order valence-corrected chi connectivity index (χ1v) is 10.6. The van der Waals surface area contributed by atoms with E-state index < -0.39 is 0 Å². The number of hydrogen-bond acceptors (Lipinski definition) is 3. The third-order valence-corrected chi connectivity index (χ3v) is 5.51. The third-order valence-electron chi connectivity index (χ3n) is 4.64. The van der Waals surface area contributed by atoms with Gasteiger partial charge in [0.1, 0.15) is 0 Å². The molecule has 1 aromatic heterocycles. The Balaban J connectivity index is 1.47. The second-order valence-electron chi connectivity index (χ2n) is 6.80. The standard InChI is InChI=1S/C23H25N3O2S/c1-2-26(16-22(27)24-15-21-9-6-14-29-21)17-23(28)25-20-12-10-19(11-13-20)18-7-4-3-5-8-18/h3-14H,2,15-17H2,1H3,(H,24,27)(H,25,28)/p+1. The first kappa shape index (κ1) is 20.8. The average Bonchev–Trinajstić information content (AvgIpc) is 3.26. The number of thiophene rings is 1. The van der Waals surface area contributed by atoms with Crippen LogP contribution in [0.4, 0.5) is 5.69 Å². The number of benzene rings is 2. The highest BCUT2D eigenvalue weighted by atomic mass is 32.1. The molecule has 0 spiro atoms. The molecule has 3 rings (SSSR count). The summed E-state index contributed by atoms with van der Waals surface area (Å²) < 4.78 is 0. The number of anilines is 1. The van der Waals surface area contributed by atoms with Crippen molar-refractivity contribution in [2.75, 3.05) is 25.0 Å². The van der Waals surface area contributed by atoms with Gasteiger partial charge in [-0.1, -0.05) is 48.5 Å². The molecule has 3 N–H and O–H groups in total. The molecule has 2 amide bonds.